The molecule has 0 bridgehead atoms. The third-order valence-corrected chi connectivity index (χ3v) is 6.16. The van der Waals surface area contributed by atoms with Gasteiger partial charge in [0.2, 0.25) is 0 Å². The number of rotatable bonds is 8. The number of hydrogen-bond donors (Lipinski definition) is 2. The summed E-state index contributed by atoms with van der Waals surface area (Å²) < 4.78 is 37.8. The van der Waals surface area contributed by atoms with Crippen LogP contribution in [0.25, 0.3) is 11.1 Å². The van der Waals surface area contributed by atoms with E-state index in [1.54, 1.807) is 0 Å². The van der Waals surface area contributed by atoms with E-state index in [0.29, 0.717) is 5.41 Å². The number of nitrogens with zero attached hydrogens (tertiary/aromatic N) is 2. The van der Waals surface area contributed by atoms with Crippen LogP contribution in [-0.2, 0) is 17.8 Å². The highest BCUT2D eigenvalue weighted by Gasteiger charge is 2.44. The molecule has 31 heavy (non-hydrogen) atoms. The van der Waals surface area contributed by atoms with E-state index in [9.17, 15) is 18.0 Å². The normalized spacial score (nSPS) is 18.8. The molecular formula is C23H27F3N4O. The molecule has 0 aliphatic carbocycles. The largest absolute Gasteiger partial charge is 0.345 e. The molecular weight excluding hydrogens is 405 g/mol. The van der Waals surface area contributed by atoms with Gasteiger partial charge in [-0.05, 0) is 36.6 Å². The molecule has 8 heteroatoms. The van der Waals surface area contributed by atoms with Crippen LogP contribution in [0.5, 0.6) is 0 Å². The van der Waals surface area contributed by atoms with Gasteiger partial charge in [-0.2, -0.15) is 8.78 Å². The summed E-state index contributed by atoms with van der Waals surface area (Å²) in [6.45, 7) is 4.45. The first-order valence-corrected chi connectivity index (χ1v) is 10.6. The third-order valence-electron chi connectivity index (χ3n) is 6.16. The lowest BCUT2D eigenvalue weighted by atomic mass is 9.79. The summed E-state index contributed by atoms with van der Waals surface area (Å²) in [6, 6.07) is 10.5. The maximum atomic E-state index is 13.1. The molecule has 1 aromatic heterocycles. The number of benzene rings is 1. The third kappa shape index (κ3) is 5.25. The summed E-state index contributed by atoms with van der Waals surface area (Å²) in [7, 11) is 0. The molecule has 2 fully saturated rings. The monoisotopic (exact) mass is 432 g/mol. The van der Waals surface area contributed by atoms with E-state index in [-0.39, 0.29) is 6.42 Å². The van der Waals surface area contributed by atoms with E-state index >= 15 is 0 Å². The van der Waals surface area contributed by atoms with Crippen molar-refractivity contribution in [3.63, 3.8) is 0 Å². The van der Waals surface area contributed by atoms with Crippen LogP contribution in [0.2, 0.25) is 0 Å². The number of likely N-dealkylation sites (tertiary alicyclic amines) is 1. The molecule has 1 aromatic carbocycles. The van der Waals surface area contributed by atoms with Crippen LogP contribution in [0.1, 0.15) is 17.7 Å². The van der Waals surface area contributed by atoms with Gasteiger partial charge in [0.05, 0.1) is 11.7 Å². The number of hydrogen-bond acceptors (Lipinski definition) is 4. The first-order chi connectivity index (χ1) is 15.0. The lowest BCUT2D eigenvalue weighted by molar-refractivity contribution is -0.132. The minimum absolute atomic E-state index is 0.152. The molecule has 2 saturated heterocycles. The molecule has 1 unspecified atom stereocenters. The molecule has 1 amide bonds. The maximum Gasteiger partial charge on any atom is 0.315 e. The Bertz CT molecular complexity index is 875. The van der Waals surface area contributed by atoms with Gasteiger partial charge in [0, 0.05) is 43.4 Å². The smallest absolute Gasteiger partial charge is 0.315 e. The van der Waals surface area contributed by atoms with Gasteiger partial charge in [-0.1, -0.05) is 30.3 Å². The van der Waals surface area contributed by atoms with Crippen molar-refractivity contribution >= 4 is 5.91 Å². The average Bonchev–Trinajstić information content (AvgIpc) is 3.24. The van der Waals surface area contributed by atoms with Crippen molar-refractivity contribution in [3.05, 3.63) is 53.9 Å². The average molecular weight is 432 g/mol. The Morgan fingerprint density at radius 3 is 2.48 bits per heavy atom. The van der Waals surface area contributed by atoms with Gasteiger partial charge in [-0.15, -0.1) is 0 Å². The number of nitrogens with one attached hydrogen (secondary N) is 2. The van der Waals surface area contributed by atoms with Gasteiger partial charge in [0.1, 0.15) is 6.67 Å². The van der Waals surface area contributed by atoms with Gasteiger partial charge >= 0.3 is 6.43 Å². The van der Waals surface area contributed by atoms with Gasteiger partial charge in [-0.3, -0.25) is 14.7 Å². The van der Waals surface area contributed by atoms with Crippen molar-refractivity contribution in [2.75, 3.05) is 32.9 Å². The Balaban J connectivity index is 1.31. The molecule has 0 saturated carbocycles. The van der Waals surface area contributed by atoms with E-state index in [2.05, 4.69) is 15.2 Å². The topological polar surface area (TPSA) is 57.3 Å². The van der Waals surface area contributed by atoms with Crippen LogP contribution < -0.4 is 10.6 Å². The Morgan fingerprint density at radius 1 is 1.16 bits per heavy atom. The number of alkyl halides is 3. The Hall–Kier alpha value is -2.45. The van der Waals surface area contributed by atoms with Crippen LogP contribution in [0.4, 0.5) is 13.2 Å². The fraction of sp³-hybridized carbons (Fsp3) is 0.478. The lowest BCUT2D eigenvalue weighted by Crippen LogP contribution is -2.56. The van der Waals surface area contributed by atoms with E-state index in [0.717, 1.165) is 55.1 Å². The van der Waals surface area contributed by atoms with Gasteiger partial charge in [0.15, 0.2) is 0 Å². The molecule has 1 atom stereocenters. The van der Waals surface area contributed by atoms with Crippen molar-refractivity contribution in [1.29, 1.82) is 0 Å². The zero-order valence-corrected chi connectivity index (χ0v) is 17.3. The summed E-state index contributed by atoms with van der Waals surface area (Å²) in [4.78, 5) is 18.1. The highest BCUT2D eigenvalue weighted by atomic mass is 19.3. The first kappa shape index (κ1) is 21.8. The minimum Gasteiger partial charge on any atom is -0.345 e. The van der Waals surface area contributed by atoms with Gasteiger partial charge < -0.3 is 10.6 Å². The van der Waals surface area contributed by atoms with Crippen molar-refractivity contribution in [3.8, 4) is 11.1 Å². The predicted octanol–water partition coefficient (Wildman–Crippen LogP) is 2.81. The van der Waals surface area contributed by atoms with E-state index in [1.807, 2.05) is 47.9 Å². The molecule has 2 aliphatic heterocycles. The maximum absolute atomic E-state index is 13.1. The summed E-state index contributed by atoms with van der Waals surface area (Å²) in [6.07, 6.45) is 0.119. The Kier molecular flexibility index (Phi) is 6.57. The van der Waals surface area contributed by atoms with Crippen LogP contribution in [0.15, 0.2) is 42.6 Å². The van der Waals surface area contributed by atoms with Gasteiger partial charge in [0.25, 0.3) is 5.91 Å². The van der Waals surface area contributed by atoms with E-state index in [4.69, 9.17) is 0 Å². The zero-order valence-electron chi connectivity index (χ0n) is 17.3. The summed E-state index contributed by atoms with van der Waals surface area (Å²) >= 11 is 0. The van der Waals surface area contributed by atoms with Crippen molar-refractivity contribution in [1.82, 2.24) is 20.5 Å². The highest BCUT2D eigenvalue weighted by Crippen LogP contribution is 2.36. The lowest BCUT2D eigenvalue weighted by Gasteiger charge is -2.47. The molecule has 0 radical (unpaired) electrons. The molecule has 2 N–H and O–H groups in total. The summed E-state index contributed by atoms with van der Waals surface area (Å²) in [5.74, 6) is -1.45. The van der Waals surface area contributed by atoms with Crippen LogP contribution in [0, 0.1) is 5.41 Å². The molecule has 166 valence electrons. The second-order valence-electron chi connectivity index (χ2n) is 8.67. The second kappa shape index (κ2) is 9.36. The Labute approximate surface area is 180 Å². The minimum atomic E-state index is -3.14. The van der Waals surface area contributed by atoms with Crippen LogP contribution >= 0.6 is 0 Å². The zero-order chi connectivity index (χ0) is 21.8. The fourth-order valence-corrected chi connectivity index (χ4v) is 4.52. The number of halogens is 3. The van der Waals surface area contributed by atoms with E-state index < -0.39 is 25.0 Å². The standard InChI is InChI=1S/C23H27F3N4O/c24-10-20(29-22(31)21(25)26)9-16-1-3-17(4-2-16)18-5-6-19(28-11-18)12-30-14-23(15-30)7-8-27-13-23/h1-6,11,20-21,27H,7-10,12-15H2,(H,29,31). The number of carbonyl (C=O) groups excluding carboxylic acids is 1. The number of aromatic nitrogens is 1. The Morgan fingerprint density at radius 2 is 1.90 bits per heavy atom. The van der Waals surface area contributed by atoms with Crippen molar-refractivity contribution in [2.45, 2.75) is 31.9 Å². The molecule has 2 aromatic rings. The number of pyridine rings is 1. The van der Waals surface area contributed by atoms with Crippen molar-refractivity contribution < 1.29 is 18.0 Å². The molecule has 3 heterocycles. The summed E-state index contributed by atoms with van der Waals surface area (Å²) in [5.41, 5.74) is 4.23. The SMILES string of the molecule is O=C(NC(CF)Cc1ccc(-c2ccc(CN3CC4(CCNC4)C3)nc2)cc1)C(F)F. The van der Waals surface area contributed by atoms with Crippen LogP contribution in [0.3, 0.4) is 0 Å². The molecule has 5 nitrogen and oxygen atoms in total. The van der Waals surface area contributed by atoms with E-state index in [1.165, 1.54) is 6.42 Å². The predicted molar refractivity (Wildman–Crippen MR) is 112 cm³/mol. The molecule has 2 aliphatic rings. The quantitative estimate of drug-likeness (QED) is 0.674. The second-order valence-corrected chi connectivity index (χ2v) is 8.67. The first-order valence-electron chi connectivity index (χ1n) is 10.6. The highest BCUT2D eigenvalue weighted by molar-refractivity contribution is 5.79. The number of amides is 1. The van der Waals surface area contributed by atoms with Crippen molar-refractivity contribution in [2.24, 2.45) is 5.41 Å². The molecule has 4 rings (SSSR count). The fourth-order valence-electron chi connectivity index (χ4n) is 4.52. The summed E-state index contributed by atoms with van der Waals surface area (Å²) in [5, 5.41) is 5.47. The van der Waals surface area contributed by atoms with Crippen LogP contribution in [-0.4, -0.2) is 61.1 Å². The number of carbonyl (C=O) groups is 1. The molecule has 1 spiro atoms. The van der Waals surface area contributed by atoms with Gasteiger partial charge in [-0.25, -0.2) is 4.39 Å².